The molecule has 0 radical (unpaired) electrons. The minimum Gasteiger partial charge on any atom is -0.273 e. The SMILES string of the molecule is CSc1cccc(CC(=O)N(SC)SC)n1. The number of hydrogen-bond donors (Lipinski definition) is 0. The highest BCUT2D eigenvalue weighted by Gasteiger charge is 2.13. The second-order valence-electron chi connectivity index (χ2n) is 2.86. The summed E-state index contributed by atoms with van der Waals surface area (Å²) in [4.78, 5) is 16.2. The Morgan fingerprint density at radius 3 is 2.56 bits per heavy atom. The number of carbonyl (C=O) groups is 1. The maximum atomic E-state index is 11.8. The highest BCUT2D eigenvalue weighted by atomic mass is 32.2. The number of pyridine rings is 1. The monoisotopic (exact) mass is 274 g/mol. The summed E-state index contributed by atoms with van der Waals surface area (Å²) in [6, 6.07) is 5.76. The van der Waals surface area contributed by atoms with Gasteiger partial charge in [-0.2, -0.15) is 0 Å². The van der Waals surface area contributed by atoms with Crippen LogP contribution in [0.25, 0.3) is 0 Å². The number of rotatable bonds is 5. The average molecular weight is 274 g/mol. The molecule has 3 nitrogen and oxygen atoms in total. The average Bonchev–Trinajstić information content (AvgIpc) is 2.31. The van der Waals surface area contributed by atoms with E-state index in [4.69, 9.17) is 0 Å². The fourth-order valence-electron chi connectivity index (χ4n) is 1.17. The van der Waals surface area contributed by atoms with Crippen molar-refractivity contribution in [2.45, 2.75) is 11.4 Å². The maximum Gasteiger partial charge on any atom is 0.248 e. The highest BCUT2D eigenvalue weighted by molar-refractivity contribution is 8.12. The summed E-state index contributed by atoms with van der Waals surface area (Å²) >= 11 is 4.43. The molecule has 0 N–H and O–H groups in total. The number of hydrogen-bond acceptors (Lipinski definition) is 5. The lowest BCUT2D eigenvalue weighted by Gasteiger charge is -2.15. The normalized spacial score (nSPS) is 10.2. The Kier molecular flexibility index (Phi) is 6.08. The van der Waals surface area contributed by atoms with E-state index in [0.29, 0.717) is 6.42 Å². The number of carbonyl (C=O) groups excluding carboxylic acids is 1. The molecule has 1 amide bonds. The third-order valence-corrected chi connectivity index (χ3v) is 4.47. The van der Waals surface area contributed by atoms with Gasteiger partial charge in [-0.05, 0) is 42.3 Å². The molecular formula is C10H14N2OS3. The Bertz CT molecular complexity index is 356. The van der Waals surface area contributed by atoms with Crippen LogP contribution in [0.1, 0.15) is 5.69 Å². The van der Waals surface area contributed by atoms with Gasteiger partial charge in [0.2, 0.25) is 5.91 Å². The largest absolute Gasteiger partial charge is 0.273 e. The molecule has 0 saturated heterocycles. The summed E-state index contributed by atoms with van der Waals surface area (Å²) in [5, 5.41) is 0.949. The molecule has 0 aromatic carbocycles. The molecule has 0 aliphatic rings. The lowest BCUT2D eigenvalue weighted by atomic mass is 10.3. The van der Waals surface area contributed by atoms with Gasteiger partial charge in [0.1, 0.15) is 0 Å². The fraction of sp³-hybridized carbons (Fsp3) is 0.400. The smallest absolute Gasteiger partial charge is 0.248 e. The molecular weight excluding hydrogens is 260 g/mol. The number of aromatic nitrogens is 1. The lowest BCUT2D eigenvalue weighted by molar-refractivity contribution is -0.122. The van der Waals surface area contributed by atoms with E-state index < -0.39 is 0 Å². The van der Waals surface area contributed by atoms with Crippen LogP contribution in [0.5, 0.6) is 0 Å². The second-order valence-corrected chi connectivity index (χ2v) is 5.38. The molecule has 1 heterocycles. The summed E-state index contributed by atoms with van der Waals surface area (Å²) in [5.74, 6) is 0.0748. The van der Waals surface area contributed by atoms with Gasteiger partial charge in [-0.15, -0.1) is 11.8 Å². The topological polar surface area (TPSA) is 33.2 Å². The summed E-state index contributed by atoms with van der Waals surface area (Å²) in [6.45, 7) is 0. The molecule has 88 valence electrons. The number of amides is 1. The fourth-order valence-corrected chi connectivity index (χ4v) is 2.72. The van der Waals surface area contributed by atoms with Crippen molar-refractivity contribution in [1.29, 1.82) is 0 Å². The van der Waals surface area contributed by atoms with Crippen molar-refractivity contribution < 1.29 is 4.79 Å². The molecule has 0 spiro atoms. The molecule has 0 aliphatic carbocycles. The van der Waals surface area contributed by atoms with Gasteiger partial charge in [0.15, 0.2) is 0 Å². The Morgan fingerprint density at radius 1 is 1.31 bits per heavy atom. The van der Waals surface area contributed by atoms with Gasteiger partial charge < -0.3 is 0 Å². The van der Waals surface area contributed by atoms with Crippen LogP contribution >= 0.6 is 35.7 Å². The third-order valence-electron chi connectivity index (χ3n) is 1.86. The Labute approximate surface area is 109 Å². The van der Waals surface area contributed by atoms with Crippen LogP contribution in [-0.2, 0) is 11.2 Å². The van der Waals surface area contributed by atoms with Crippen LogP contribution in [0.4, 0.5) is 0 Å². The predicted octanol–water partition coefficient (Wildman–Crippen LogP) is 2.73. The van der Waals surface area contributed by atoms with Crippen molar-refractivity contribution >= 4 is 41.6 Å². The maximum absolute atomic E-state index is 11.8. The summed E-state index contributed by atoms with van der Waals surface area (Å²) < 4.78 is 1.66. The molecule has 0 fully saturated rings. The Morgan fingerprint density at radius 2 is 2.00 bits per heavy atom. The van der Waals surface area contributed by atoms with Crippen LogP contribution < -0.4 is 0 Å². The first-order valence-electron chi connectivity index (χ1n) is 4.62. The first kappa shape index (κ1) is 13.7. The van der Waals surface area contributed by atoms with Gasteiger partial charge in [-0.3, -0.25) is 4.79 Å². The predicted molar refractivity (Wildman–Crippen MR) is 73.6 cm³/mol. The van der Waals surface area contributed by atoms with Gasteiger partial charge in [0.05, 0.1) is 17.1 Å². The quantitative estimate of drug-likeness (QED) is 0.609. The molecule has 6 heteroatoms. The van der Waals surface area contributed by atoms with Gasteiger partial charge in [0.25, 0.3) is 0 Å². The van der Waals surface area contributed by atoms with Crippen LogP contribution in [0.15, 0.2) is 23.2 Å². The molecule has 0 aliphatic heterocycles. The molecule has 1 rings (SSSR count). The first-order chi connectivity index (χ1) is 7.71. The molecule has 0 atom stereocenters. The molecule has 16 heavy (non-hydrogen) atoms. The Balaban J connectivity index is 2.68. The first-order valence-corrected chi connectivity index (χ1v) is 8.21. The van der Waals surface area contributed by atoms with Crippen LogP contribution in [0.2, 0.25) is 0 Å². The molecule has 0 bridgehead atoms. The van der Waals surface area contributed by atoms with E-state index in [1.807, 2.05) is 37.0 Å². The van der Waals surface area contributed by atoms with E-state index in [-0.39, 0.29) is 5.91 Å². The van der Waals surface area contributed by atoms with E-state index >= 15 is 0 Å². The Hall–Kier alpha value is -0.330. The van der Waals surface area contributed by atoms with Crippen LogP contribution in [0, 0.1) is 0 Å². The van der Waals surface area contributed by atoms with Crippen LogP contribution in [0.3, 0.4) is 0 Å². The zero-order valence-electron chi connectivity index (χ0n) is 9.47. The lowest BCUT2D eigenvalue weighted by Crippen LogP contribution is -2.19. The van der Waals surface area contributed by atoms with Crippen molar-refractivity contribution in [3.05, 3.63) is 23.9 Å². The summed E-state index contributed by atoms with van der Waals surface area (Å²) in [7, 11) is 0. The van der Waals surface area contributed by atoms with Gasteiger partial charge >= 0.3 is 0 Å². The van der Waals surface area contributed by atoms with E-state index in [0.717, 1.165) is 10.7 Å². The van der Waals surface area contributed by atoms with Crippen LogP contribution in [-0.4, -0.2) is 33.4 Å². The molecule has 0 saturated carbocycles. The van der Waals surface area contributed by atoms with E-state index in [1.54, 1.807) is 15.5 Å². The van der Waals surface area contributed by atoms with Gasteiger partial charge in [-0.25, -0.2) is 8.69 Å². The molecule has 1 aromatic rings. The highest BCUT2D eigenvalue weighted by Crippen LogP contribution is 2.18. The summed E-state index contributed by atoms with van der Waals surface area (Å²) in [6.07, 6.45) is 6.11. The minimum atomic E-state index is 0.0748. The van der Waals surface area contributed by atoms with Crippen molar-refractivity contribution in [3.8, 4) is 0 Å². The third kappa shape index (κ3) is 3.92. The van der Waals surface area contributed by atoms with Gasteiger partial charge in [0, 0.05) is 12.5 Å². The van der Waals surface area contributed by atoms with Crippen molar-refractivity contribution in [3.63, 3.8) is 0 Å². The number of thioether (sulfide) groups is 1. The zero-order valence-corrected chi connectivity index (χ0v) is 11.9. The van der Waals surface area contributed by atoms with E-state index in [9.17, 15) is 4.79 Å². The van der Waals surface area contributed by atoms with Crippen molar-refractivity contribution in [1.82, 2.24) is 8.69 Å². The van der Waals surface area contributed by atoms with Gasteiger partial charge in [-0.1, -0.05) is 6.07 Å². The minimum absolute atomic E-state index is 0.0748. The second kappa shape index (κ2) is 7.09. The molecule has 0 unspecified atom stereocenters. The number of nitrogens with zero attached hydrogens (tertiary/aromatic N) is 2. The molecule has 1 aromatic heterocycles. The summed E-state index contributed by atoms with van der Waals surface area (Å²) in [5.41, 5.74) is 0.824. The zero-order chi connectivity index (χ0) is 12.0. The van der Waals surface area contributed by atoms with E-state index in [1.165, 1.54) is 23.9 Å². The van der Waals surface area contributed by atoms with Crippen molar-refractivity contribution in [2.24, 2.45) is 0 Å². The van der Waals surface area contributed by atoms with Crippen molar-refractivity contribution in [2.75, 3.05) is 18.8 Å². The standard InChI is InChI=1S/C10H14N2OS3/c1-14-9-6-4-5-8(11-9)7-10(13)12(15-2)16-3/h4-6H,7H2,1-3H3. The van der Waals surface area contributed by atoms with E-state index in [2.05, 4.69) is 4.98 Å².